The highest BCUT2D eigenvalue weighted by molar-refractivity contribution is 7.22. The lowest BCUT2D eigenvalue weighted by Gasteiger charge is -2.24. The molecule has 0 aliphatic carbocycles. The Labute approximate surface area is 178 Å². The van der Waals surface area contributed by atoms with Crippen LogP contribution in [0, 0.1) is 13.8 Å². The molecule has 2 N–H and O–H groups in total. The summed E-state index contributed by atoms with van der Waals surface area (Å²) in [6, 6.07) is 8.31. The Balaban J connectivity index is 1.42. The van der Waals surface area contributed by atoms with Crippen molar-refractivity contribution in [2.45, 2.75) is 45.6 Å². The van der Waals surface area contributed by atoms with Crippen LogP contribution in [-0.4, -0.2) is 39.6 Å². The van der Waals surface area contributed by atoms with Crippen LogP contribution in [0.3, 0.4) is 0 Å². The van der Waals surface area contributed by atoms with Crippen molar-refractivity contribution in [1.82, 2.24) is 25.7 Å². The fourth-order valence-electron chi connectivity index (χ4n) is 3.98. The number of rotatable bonds is 6. The van der Waals surface area contributed by atoms with E-state index in [0.717, 1.165) is 59.8 Å². The van der Waals surface area contributed by atoms with E-state index in [4.69, 9.17) is 9.15 Å². The predicted octanol–water partition coefficient (Wildman–Crippen LogP) is 4.21. The molecule has 0 spiro atoms. The van der Waals surface area contributed by atoms with E-state index in [0.29, 0.717) is 18.2 Å². The van der Waals surface area contributed by atoms with E-state index in [1.165, 1.54) is 10.3 Å². The van der Waals surface area contributed by atoms with Gasteiger partial charge in [-0.25, -0.2) is 0 Å². The minimum absolute atomic E-state index is 0.206. The number of piperidine rings is 1. The van der Waals surface area contributed by atoms with Crippen molar-refractivity contribution in [3.63, 3.8) is 0 Å². The Bertz CT molecular complexity index is 1140. The zero-order valence-electron chi connectivity index (χ0n) is 17.2. The number of aryl methyl sites for hydroxylation is 3. The first-order valence-electron chi connectivity index (χ1n) is 10.4. The summed E-state index contributed by atoms with van der Waals surface area (Å²) in [5, 5.41) is 20.5. The molecule has 3 aromatic heterocycles. The quantitative estimate of drug-likeness (QED) is 0.483. The first-order chi connectivity index (χ1) is 14.7. The second kappa shape index (κ2) is 8.20. The second-order valence-corrected chi connectivity index (χ2v) is 8.79. The van der Waals surface area contributed by atoms with Gasteiger partial charge in [-0.1, -0.05) is 12.1 Å². The van der Waals surface area contributed by atoms with Gasteiger partial charge in [0.25, 0.3) is 5.89 Å². The number of fused-ring (bicyclic) bond motifs is 1. The maximum atomic E-state index is 6.48. The van der Waals surface area contributed by atoms with Gasteiger partial charge in [-0.15, -0.1) is 21.5 Å². The third-order valence-corrected chi connectivity index (χ3v) is 6.79. The highest BCUT2D eigenvalue weighted by Crippen LogP contribution is 2.44. The van der Waals surface area contributed by atoms with Crippen molar-refractivity contribution in [3.05, 3.63) is 47.1 Å². The van der Waals surface area contributed by atoms with Gasteiger partial charge in [-0.05, 0) is 63.9 Å². The molecule has 0 atom stereocenters. The molecule has 4 aromatic rings. The van der Waals surface area contributed by atoms with Gasteiger partial charge in [0.2, 0.25) is 5.89 Å². The average Bonchev–Trinajstić information content (AvgIpc) is 3.46. The molecule has 156 valence electrons. The molecule has 1 saturated heterocycles. The van der Waals surface area contributed by atoms with Crippen molar-refractivity contribution in [2.75, 3.05) is 13.1 Å². The van der Waals surface area contributed by atoms with Gasteiger partial charge in [0, 0.05) is 22.2 Å². The van der Waals surface area contributed by atoms with E-state index in [-0.39, 0.29) is 6.10 Å². The number of hydrogen-bond acceptors (Lipinski definition) is 7. The molecule has 4 heterocycles. The van der Waals surface area contributed by atoms with Crippen LogP contribution in [0.4, 0.5) is 0 Å². The van der Waals surface area contributed by atoms with E-state index in [9.17, 15) is 0 Å². The summed E-state index contributed by atoms with van der Waals surface area (Å²) < 4.78 is 13.7. The maximum absolute atomic E-state index is 6.48. The number of nitrogens with zero attached hydrogens (tertiary/aromatic N) is 3. The number of hydrogen-bond donors (Lipinski definition) is 2. The van der Waals surface area contributed by atoms with E-state index in [1.54, 1.807) is 11.3 Å². The smallest absolute Gasteiger partial charge is 0.261 e. The molecular formula is C22H25N5O2S. The van der Waals surface area contributed by atoms with Gasteiger partial charge < -0.3 is 14.5 Å². The number of thiophene rings is 1. The van der Waals surface area contributed by atoms with E-state index in [1.807, 2.05) is 26.0 Å². The van der Waals surface area contributed by atoms with Crippen molar-refractivity contribution in [3.8, 4) is 16.5 Å². The van der Waals surface area contributed by atoms with Crippen LogP contribution >= 0.6 is 11.3 Å². The highest BCUT2D eigenvalue weighted by atomic mass is 32.1. The molecule has 1 aliphatic rings. The van der Waals surface area contributed by atoms with Crippen LogP contribution < -0.4 is 10.1 Å². The molecule has 0 unspecified atom stereocenters. The summed E-state index contributed by atoms with van der Waals surface area (Å²) >= 11 is 1.65. The molecule has 7 nitrogen and oxygen atoms in total. The van der Waals surface area contributed by atoms with Crippen LogP contribution in [0.15, 0.2) is 28.7 Å². The van der Waals surface area contributed by atoms with Crippen LogP contribution in [0.2, 0.25) is 0 Å². The third kappa shape index (κ3) is 3.73. The monoisotopic (exact) mass is 423 g/mol. The molecule has 1 aliphatic heterocycles. The number of aromatic amines is 1. The molecule has 5 rings (SSSR count). The van der Waals surface area contributed by atoms with Crippen LogP contribution in [0.1, 0.15) is 35.7 Å². The first kappa shape index (κ1) is 19.3. The molecule has 0 radical (unpaired) electrons. The lowest BCUT2D eigenvalue weighted by Crippen LogP contribution is -2.34. The topological polar surface area (TPSA) is 88.9 Å². The summed E-state index contributed by atoms with van der Waals surface area (Å²) in [4.78, 5) is 0.921. The van der Waals surface area contributed by atoms with Gasteiger partial charge >= 0.3 is 0 Å². The fourth-order valence-corrected chi connectivity index (χ4v) is 5.04. The first-order valence-corrected chi connectivity index (χ1v) is 11.2. The second-order valence-electron chi connectivity index (χ2n) is 7.74. The third-order valence-electron chi connectivity index (χ3n) is 5.65. The summed E-state index contributed by atoms with van der Waals surface area (Å²) in [6.45, 7) is 6.02. The normalized spacial score (nSPS) is 15.1. The maximum Gasteiger partial charge on any atom is 0.261 e. The predicted molar refractivity (Wildman–Crippen MR) is 117 cm³/mol. The van der Waals surface area contributed by atoms with Crippen molar-refractivity contribution in [2.24, 2.45) is 0 Å². The standard InChI is InChI=1S/C22H25N5O2S/c1-13-16(14(2)25-24-13)7-8-19-26-27-22(29-19)21-20(28-15-9-11-23-12-10-15)17-5-3-4-6-18(17)30-21/h3-6,15,23H,7-12H2,1-2H3,(H,24,25). The van der Waals surface area contributed by atoms with E-state index >= 15 is 0 Å². The van der Waals surface area contributed by atoms with Crippen molar-refractivity contribution in [1.29, 1.82) is 0 Å². The zero-order chi connectivity index (χ0) is 20.5. The van der Waals surface area contributed by atoms with Gasteiger partial charge in [0.15, 0.2) is 5.75 Å². The Morgan fingerprint density at radius 3 is 2.77 bits per heavy atom. The van der Waals surface area contributed by atoms with E-state index in [2.05, 4.69) is 37.8 Å². The molecule has 0 bridgehead atoms. The van der Waals surface area contributed by atoms with Crippen molar-refractivity contribution >= 4 is 21.4 Å². The molecule has 0 saturated carbocycles. The highest BCUT2D eigenvalue weighted by Gasteiger charge is 2.24. The summed E-state index contributed by atoms with van der Waals surface area (Å²) in [5.41, 5.74) is 3.33. The molecule has 1 aromatic carbocycles. The SMILES string of the molecule is Cc1n[nH]c(C)c1CCc1nnc(-c2sc3ccccc3c2OC2CCNCC2)o1. The van der Waals surface area contributed by atoms with Gasteiger partial charge in [0.1, 0.15) is 11.0 Å². The summed E-state index contributed by atoms with van der Waals surface area (Å²) in [7, 11) is 0. The Morgan fingerprint density at radius 2 is 1.97 bits per heavy atom. The van der Waals surface area contributed by atoms with Crippen LogP contribution in [0.5, 0.6) is 5.75 Å². The van der Waals surface area contributed by atoms with E-state index < -0.39 is 0 Å². The average molecular weight is 424 g/mol. The Morgan fingerprint density at radius 1 is 1.13 bits per heavy atom. The van der Waals surface area contributed by atoms with Crippen LogP contribution in [0.25, 0.3) is 20.9 Å². The largest absolute Gasteiger partial charge is 0.488 e. The molecule has 8 heteroatoms. The molecule has 1 fully saturated rings. The molecule has 0 amide bonds. The van der Waals surface area contributed by atoms with Gasteiger partial charge in [-0.3, -0.25) is 5.10 Å². The molecular weight excluding hydrogens is 398 g/mol. The lowest BCUT2D eigenvalue weighted by molar-refractivity contribution is 0.165. The Hall–Kier alpha value is -2.71. The summed E-state index contributed by atoms with van der Waals surface area (Å²) in [5.74, 6) is 2.05. The van der Waals surface area contributed by atoms with Crippen LogP contribution in [-0.2, 0) is 12.8 Å². The number of benzene rings is 1. The van der Waals surface area contributed by atoms with Gasteiger partial charge in [0.05, 0.1) is 5.69 Å². The minimum atomic E-state index is 0.206. The Kier molecular flexibility index (Phi) is 5.26. The zero-order valence-corrected chi connectivity index (χ0v) is 18.0. The number of nitrogens with one attached hydrogen (secondary N) is 2. The lowest BCUT2D eigenvalue weighted by atomic mass is 10.1. The fraction of sp³-hybridized carbons (Fsp3) is 0.409. The van der Waals surface area contributed by atoms with Crippen molar-refractivity contribution < 1.29 is 9.15 Å². The minimum Gasteiger partial charge on any atom is -0.488 e. The number of aromatic nitrogens is 4. The number of ether oxygens (including phenoxy) is 1. The number of H-pyrrole nitrogens is 1. The van der Waals surface area contributed by atoms with Gasteiger partial charge in [-0.2, -0.15) is 5.10 Å². The molecule has 30 heavy (non-hydrogen) atoms. The summed E-state index contributed by atoms with van der Waals surface area (Å²) in [6.07, 6.45) is 3.71.